The Morgan fingerprint density at radius 3 is 2.90 bits per heavy atom. The quantitative estimate of drug-likeness (QED) is 0.778. The smallest absolute Gasteiger partial charge is 0.194 e. The van der Waals surface area contributed by atoms with Crippen LogP contribution in [0, 0.1) is 13.8 Å². The molecule has 1 atom stereocenters. The predicted molar refractivity (Wildman–Crippen MR) is 89.0 cm³/mol. The molecular weight excluding hydrogens is 278 g/mol. The SMILES string of the molecule is Cc1ccccc1CC(C)NCc1c(C)nc2sccn12. The Hall–Kier alpha value is -1.65. The van der Waals surface area contributed by atoms with Gasteiger partial charge in [0, 0.05) is 24.2 Å². The lowest BCUT2D eigenvalue weighted by molar-refractivity contribution is 0.536. The van der Waals surface area contributed by atoms with Gasteiger partial charge in [0.15, 0.2) is 4.96 Å². The fourth-order valence-electron chi connectivity index (χ4n) is 2.67. The number of nitrogens with zero attached hydrogens (tertiary/aromatic N) is 2. The van der Waals surface area contributed by atoms with Crippen molar-refractivity contribution in [3.8, 4) is 0 Å². The number of nitrogens with one attached hydrogen (secondary N) is 1. The topological polar surface area (TPSA) is 29.3 Å². The lowest BCUT2D eigenvalue weighted by atomic mass is 10.0. The highest BCUT2D eigenvalue weighted by molar-refractivity contribution is 7.15. The van der Waals surface area contributed by atoms with Gasteiger partial charge in [-0.15, -0.1) is 11.3 Å². The summed E-state index contributed by atoms with van der Waals surface area (Å²) in [5.41, 5.74) is 5.18. The average molecular weight is 299 g/mol. The maximum atomic E-state index is 4.59. The molecule has 0 aliphatic heterocycles. The minimum absolute atomic E-state index is 0.440. The Bertz CT molecular complexity index is 741. The van der Waals surface area contributed by atoms with Gasteiger partial charge >= 0.3 is 0 Å². The summed E-state index contributed by atoms with van der Waals surface area (Å²) in [7, 11) is 0. The largest absolute Gasteiger partial charge is 0.308 e. The highest BCUT2D eigenvalue weighted by atomic mass is 32.1. The fourth-order valence-corrected chi connectivity index (χ4v) is 3.44. The van der Waals surface area contributed by atoms with Crippen LogP contribution in [0.2, 0.25) is 0 Å². The van der Waals surface area contributed by atoms with Crippen molar-refractivity contribution >= 4 is 16.3 Å². The molecule has 0 saturated heterocycles. The maximum Gasteiger partial charge on any atom is 0.194 e. The van der Waals surface area contributed by atoms with Crippen LogP contribution >= 0.6 is 11.3 Å². The van der Waals surface area contributed by atoms with Gasteiger partial charge in [0.1, 0.15) is 0 Å². The Morgan fingerprint density at radius 2 is 2.10 bits per heavy atom. The van der Waals surface area contributed by atoms with Gasteiger partial charge in [-0.05, 0) is 38.3 Å². The molecule has 0 radical (unpaired) electrons. The van der Waals surface area contributed by atoms with Gasteiger partial charge in [0.2, 0.25) is 0 Å². The summed E-state index contributed by atoms with van der Waals surface area (Å²) in [5, 5.41) is 5.71. The molecule has 21 heavy (non-hydrogen) atoms. The third-order valence-electron chi connectivity index (χ3n) is 3.97. The number of rotatable bonds is 5. The first kappa shape index (κ1) is 14.3. The van der Waals surface area contributed by atoms with E-state index in [2.05, 4.69) is 71.3 Å². The zero-order chi connectivity index (χ0) is 14.8. The molecule has 0 bridgehead atoms. The molecule has 0 amide bonds. The minimum Gasteiger partial charge on any atom is -0.308 e. The summed E-state index contributed by atoms with van der Waals surface area (Å²) >= 11 is 1.69. The fraction of sp³-hybridized carbons (Fsp3) is 0.353. The Labute approximate surface area is 129 Å². The van der Waals surface area contributed by atoms with Crippen molar-refractivity contribution < 1.29 is 0 Å². The van der Waals surface area contributed by atoms with Gasteiger partial charge < -0.3 is 5.32 Å². The summed E-state index contributed by atoms with van der Waals surface area (Å²) in [6.07, 6.45) is 3.15. The molecule has 2 heterocycles. The van der Waals surface area contributed by atoms with Crippen LogP contribution in [0.1, 0.15) is 29.4 Å². The maximum absolute atomic E-state index is 4.59. The monoisotopic (exact) mass is 299 g/mol. The molecule has 3 nitrogen and oxygen atoms in total. The molecule has 2 aromatic heterocycles. The van der Waals surface area contributed by atoms with E-state index in [0.717, 1.165) is 23.6 Å². The lowest BCUT2D eigenvalue weighted by Gasteiger charge is -2.15. The number of aryl methyl sites for hydroxylation is 2. The number of thiazole rings is 1. The molecule has 0 spiro atoms. The molecular formula is C17H21N3S. The van der Waals surface area contributed by atoms with E-state index in [-0.39, 0.29) is 0 Å². The van der Waals surface area contributed by atoms with Crippen LogP contribution in [0.4, 0.5) is 0 Å². The Morgan fingerprint density at radius 1 is 1.29 bits per heavy atom. The van der Waals surface area contributed by atoms with E-state index >= 15 is 0 Å². The van der Waals surface area contributed by atoms with Gasteiger partial charge in [-0.3, -0.25) is 4.40 Å². The van der Waals surface area contributed by atoms with Gasteiger partial charge in [-0.1, -0.05) is 24.3 Å². The predicted octanol–water partition coefficient (Wildman–Crippen LogP) is 3.73. The van der Waals surface area contributed by atoms with Crippen molar-refractivity contribution in [1.29, 1.82) is 0 Å². The molecule has 1 unspecified atom stereocenters. The molecule has 4 heteroatoms. The number of hydrogen-bond donors (Lipinski definition) is 1. The van der Waals surface area contributed by atoms with E-state index in [4.69, 9.17) is 0 Å². The third kappa shape index (κ3) is 3.01. The van der Waals surface area contributed by atoms with Crippen molar-refractivity contribution in [1.82, 2.24) is 14.7 Å². The molecule has 0 aliphatic carbocycles. The summed E-state index contributed by atoms with van der Waals surface area (Å²) in [6, 6.07) is 9.05. The first-order valence-electron chi connectivity index (χ1n) is 7.34. The van der Waals surface area contributed by atoms with E-state index in [1.165, 1.54) is 16.8 Å². The van der Waals surface area contributed by atoms with Crippen molar-refractivity contribution in [3.05, 3.63) is 58.4 Å². The molecule has 1 aromatic carbocycles. The van der Waals surface area contributed by atoms with Crippen LogP contribution in [0.5, 0.6) is 0 Å². The van der Waals surface area contributed by atoms with Gasteiger partial charge in [0.05, 0.1) is 11.4 Å². The third-order valence-corrected chi connectivity index (χ3v) is 4.72. The molecule has 1 N–H and O–H groups in total. The number of hydrogen-bond acceptors (Lipinski definition) is 3. The molecule has 3 aromatic rings. The standard InChI is InChI=1S/C17H21N3S/c1-12-6-4-5-7-15(12)10-13(2)18-11-16-14(3)19-17-20(16)8-9-21-17/h4-9,13,18H,10-11H2,1-3H3. The van der Waals surface area contributed by atoms with E-state index < -0.39 is 0 Å². The molecule has 0 saturated carbocycles. The number of imidazole rings is 1. The summed E-state index contributed by atoms with van der Waals surface area (Å²) in [5.74, 6) is 0. The Kier molecular flexibility index (Phi) is 4.08. The van der Waals surface area contributed by atoms with E-state index in [0.29, 0.717) is 6.04 Å². The summed E-state index contributed by atoms with van der Waals surface area (Å²) < 4.78 is 2.19. The van der Waals surface area contributed by atoms with Gasteiger partial charge in [0.25, 0.3) is 0 Å². The van der Waals surface area contributed by atoms with Crippen LogP contribution in [-0.2, 0) is 13.0 Å². The van der Waals surface area contributed by atoms with Crippen LogP contribution < -0.4 is 5.32 Å². The van der Waals surface area contributed by atoms with Crippen molar-refractivity contribution in [2.24, 2.45) is 0 Å². The average Bonchev–Trinajstić information content (AvgIpc) is 3.00. The highest BCUT2D eigenvalue weighted by Crippen LogP contribution is 2.17. The number of aromatic nitrogens is 2. The van der Waals surface area contributed by atoms with Crippen LogP contribution in [0.25, 0.3) is 4.96 Å². The van der Waals surface area contributed by atoms with Gasteiger partial charge in [-0.2, -0.15) is 0 Å². The lowest BCUT2D eigenvalue weighted by Crippen LogP contribution is -2.28. The summed E-state index contributed by atoms with van der Waals surface area (Å²) in [6.45, 7) is 7.37. The molecule has 0 aliphatic rings. The second-order valence-electron chi connectivity index (χ2n) is 5.61. The van der Waals surface area contributed by atoms with Crippen molar-refractivity contribution in [3.63, 3.8) is 0 Å². The first-order valence-corrected chi connectivity index (χ1v) is 8.22. The zero-order valence-electron chi connectivity index (χ0n) is 12.8. The molecule has 3 rings (SSSR count). The molecule has 0 fully saturated rings. The van der Waals surface area contributed by atoms with Crippen LogP contribution in [0.15, 0.2) is 35.8 Å². The highest BCUT2D eigenvalue weighted by Gasteiger charge is 2.11. The van der Waals surface area contributed by atoms with E-state index in [1.807, 2.05) is 0 Å². The van der Waals surface area contributed by atoms with E-state index in [9.17, 15) is 0 Å². The van der Waals surface area contributed by atoms with Crippen molar-refractivity contribution in [2.45, 2.75) is 39.8 Å². The second kappa shape index (κ2) is 6.00. The minimum atomic E-state index is 0.440. The summed E-state index contributed by atoms with van der Waals surface area (Å²) in [4.78, 5) is 5.67. The Balaban J connectivity index is 1.66. The van der Waals surface area contributed by atoms with Gasteiger partial charge in [-0.25, -0.2) is 4.98 Å². The van der Waals surface area contributed by atoms with Crippen molar-refractivity contribution in [2.75, 3.05) is 0 Å². The second-order valence-corrected chi connectivity index (χ2v) is 6.49. The van der Waals surface area contributed by atoms with Crippen LogP contribution in [0.3, 0.4) is 0 Å². The van der Waals surface area contributed by atoms with E-state index in [1.54, 1.807) is 11.3 Å². The number of benzene rings is 1. The first-order chi connectivity index (χ1) is 10.1. The normalized spacial score (nSPS) is 12.9. The number of fused-ring (bicyclic) bond motifs is 1. The molecule has 110 valence electrons. The van der Waals surface area contributed by atoms with Crippen LogP contribution in [-0.4, -0.2) is 15.4 Å². The zero-order valence-corrected chi connectivity index (χ0v) is 13.6.